The minimum atomic E-state index is -0.0469. The molecule has 0 atom stereocenters. The van der Waals surface area contributed by atoms with E-state index in [1.807, 2.05) is 53.4 Å². The zero-order chi connectivity index (χ0) is 23.3. The number of carbonyl (C=O) groups excluding carboxylic acids is 1. The fraction of sp³-hybridized carbons (Fsp3) is 0.500. The molecule has 2 aromatic rings. The summed E-state index contributed by atoms with van der Waals surface area (Å²) < 4.78 is 22.3. The first-order valence-electron chi connectivity index (χ1n) is 11.7. The summed E-state index contributed by atoms with van der Waals surface area (Å²) in [7, 11) is 1.65. The Morgan fingerprint density at radius 3 is 2.45 bits per heavy atom. The zero-order valence-electron chi connectivity index (χ0n) is 19.8. The number of carbonyl (C=O) groups is 1. The lowest BCUT2D eigenvalue weighted by Crippen LogP contribution is -2.44. The molecule has 1 amide bonds. The molecule has 1 aliphatic heterocycles. The van der Waals surface area contributed by atoms with Crippen LogP contribution in [-0.2, 0) is 16.1 Å². The van der Waals surface area contributed by atoms with Crippen LogP contribution in [0.2, 0.25) is 0 Å². The van der Waals surface area contributed by atoms with Crippen molar-refractivity contribution in [3.05, 3.63) is 54.1 Å². The van der Waals surface area contributed by atoms with Crippen LogP contribution in [0.15, 0.2) is 48.5 Å². The Morgan fingerprint density at radius 2 is 1.76 bits per heavy atom. The van der Waals surface area contributed by atoms with E-state index >= 15 is 0 Å². The average molecular weight is 457 g/mol. The second-order valence-corrected chi connectivity index (χ2v) is 8.08. The molecule has 0 unspecified atom stereocenters. The number of amides is 1. The Kier molecular flexibility index (Phi) is 10.3. The lowest BCUT2D eigenvalue weighted by atomic mass is 10.2. The molecular weight excluding hydrogens is 420 g/mol. The largest absolute Gasteiger partial charge is 0.497 e. The van der Waals surface area contributed by atoms with Gasteiger partial charge in [-0.15, -0.1) is 0 Å². The number of benzene rings is 2. The maximum atomic E-state index is 13.1. The number of hydrogen-bond donors (Lipinski definition) is 0. The van der Waals surface area contributed by atoms with Gasteiger partial charge < -0.3 is 23.8 Å². The van der Waals surface area contributed by atoms with Crippen molar-refractivity contribution in [3.8, 4) is 17.2 Å². The fourth-order valence-electron chi connectivity index (χ4n) is 3.57. The predicted molar refractivity (Wildman–Crippen MR) is 128 cm³/mol. The molecule has 180 valence electrons. The highest BCUT2D eigenvalue weighted by molar-refractivity contribution is 5.77. The lowest BCUT2D eigenvalue weighted by molar-refractivity contribution is -0.134. The van der Waals surface area contributed by atoms with Crippen LogP contribution in [-0.4, -0.2) is 75.4 Å². The summed E-state index contributed by atoms with van der Waals surface area (Å²) in [6, 6.07) is 15.3. The first-order chi connectivity index (χ1) is 16.2. The van der Waals surface area contributed by atoms with Gasteiger partial charge in [-0.25, -0.2) is 0 Å². The third-order valence-electron chi connectivity index (χ3n) is 5.60. The Morgan fingerprint density at radius 1 is 1.03 bits per heavy atom. The van der Waals surface area contributed by atoms with Gasteiger partial charge in [0, 0.05) is 32.7 Å². The van der Waals surface area contributed by atoms with E-state index < -0.39 is 0 Å². The lowest BCUT2D eigenvalue weighted by Gasteiger charge is -2.30. The van der Waals surface area contributed by atoms with Crippen molar-refractivity contribution < 1.29 is 23.7 Å². The zero-order valence-corrected chi connectivity index (χ0v) is 19.8. The minimum absolute atomic E-state index is 0.0108. The molecule has 1 fully saturated rings. The molecule has 1 heterocycles. The van der Waals surface area contributed by atoms with Crippen LogP contribution in [0, 0.1) is 0 Å². The molecule has 0 bridgehead atoms. The molecule has 0 aliphatic carbocycles. The summed E-state index contributed by atoms with van der Waals surface area (Å²) in [5.74, 6) is 2.20. The number of rotatable bonds is 13. The van der Waals surface area contributed by atoms with E-state index in [2.05, 4.69) is 11.8 Å². The van der Waals surface area contributed by atoms with Crippen LogP contribution < -0.4 is 14.2 Å². The first kappa shape index (κ1) is 24.9. The smallest absolute Gasteiger partial charge is 0.260 e. The molecule has 1 saturated heterocycles. The molecule has 7 nitrogen and oxygen atoms in total. The fourth-order valence-corrected chi connectivity index (χ4v) is 3.57. The summed E-state index contributed by atoms with van der Waals surface area (Å²) in [4.78, 5) is 17.3. The molecule has 0 radical (unpaired) electrons. The van der Waals surface area contributed by atoms with Gasteiger partial charge in [0.2, 0.25) is 0 Å². The van der Waals surface area contributed by atoms with Gasteiger partial charge in [0.15, 0.2) is 6.61 Å². The number of methoxy groups -OCH3 is 1. The number of ether oxygens (including phenoxy) is 4. The Hall–Kier alpha value is -2.77. The van der Waals surface area contributed by atoms with Crippen LogP contribution in [0.4, 0.5) is 0 Å². The van der Waals surface area contributed by atoms with Crippen LogP contribution in [0.25, 0.3) is 0 Å². The van der Waals surface area contributed by atoms with Crippen molar-refractivity contribution >= 4 is 5.91 Å². The van der Waals surface area contributed by atoms with Gasteiger partial charge in [-0.1, -0.05) is 25.5 Å². The summed E-state index contributed by atoms with van der Waals surface area (Å²) in [6.07, 6.45) is 2.13. The normalized spacial score (nSPS) is 14.0. The molecule has 0 saturated carbocycles. The van der Waals surface area contributed by atoms with Crippen molar-refractivity contribution in [1.29, 1.82) is 0 Å². The van der Waals surface area contributed by atoms with E-state index in [0.29, 0.717) is 25.4 Å². The van der Waals surface area contributed by atoms with Gasteiger partial charge in [0.25, 0.3) is 5.91 Å². The highest BCUT2D eigenvalue weighted by atomic mass is 16.5. The second kappa shape index (κ2) is 13.7. The van der Waals surface area contributed by atoms with E-state index in [-0.39, 0.29) is 12.5 Å². The number of unbranched alkanes of at least 4 members (excludes halogenated alkanes) is 1. The molecular formula is C26H36N2O5. The molecule has 2 aromatic carbocycles. The van der Waals surface area contributed by atoms with Gasteiger partial charge in [-0.3, -0.25) is 9.69 Å². The molecule has 0 spiro atoms. The molecule has 1 aliphatic rings. The minimum Gasteiger partial charge on any atom is -0.497 e. The van der Waals surface area contributed by atoms with Gasteiger partial charge in [0.05, 0.1) is 26.9 Å². The van der Waals surface area contributed by atoms with Crippen LogP contribution in [0.1, 0.15) is 25.3 Å². The van der Waals surface area contributed by atoms with Crippen LogP contribution in [0.3, 0.4) is 0 Å². The van der Waals surface area contributed by atoms with Crippen molar-refractivity contribution in [2.75, 3.05) is 59.7 Å². The van der Waals surface area contributed by atoms with E-state index in [1.165, 1.54) is 0 Å². The molecule has 0 N–H and O–H groups in total. The van der Waals surface area contributed by atoms with Crippen molar-refractivity contribution in [2.45, 2.75) is 26.3 Å². The first-order valence-corrected chi connectivity index (χ1v) is 11.7. The Labute approximate surface area is 197 Å². The summed E-state index contributed by atoms with van der Waals surface area (Å²) in [5, 5.41) is 0. The summed E-state index contributed by atoms with van der Waals surface area (Å²) >= 11 is 0. The molecule has 7 heteroatoms. The van der Waals surface area contributed by atoms with Crippen LogP contribution >= 0.6 is 0 Å². The summed E-state index contributed by atoms with van der Waals surface area (Å²) in [6.45, 7) is 8.04. The highest BCUT2D eigenvalue weighted by Crippen LogP contribution is 2.19. The summed E-state index contributed by atoms with van der Waals surface area (Å²) in [5.41, 5.74) is 1.03. The van der Waals surface area contributed by atoms with Gasteiger partial charge in [0.1, 0.15) is 17.2 Å². The number of nitrogens with zero attached hydrogens (tertiary/aromatic N) is 2. The van der Waals surface area contributed by atoms with Gasteiger partial charge in [-0.2, -0.15) is 0 Å². The van der Waals surface area contributed by atoms with E-state index in [0.717, 1.165) is 62.8 Å². The number of morpholine rings is 1. The Balaban J connectivity index is 1.57. The quantitative estimate of drug-likeness (QED) is 0.429. The van der Waals surface area contributed by atoms with Crippen molar-refractivity contribution in [1.82, 2.24) is 9.80 Å². The van der Waals surface area contributed by atoms with Gasteiger partial charge >= 0.3 is 0 Å². The topological polar surface area (TPSA) is 60.5 Å². The standard InChI is InChI=1S/C26H36N2O5/c1-3-4-16-32-23-8-10-24(11-9-23)33-21-26(29)28(13-12-27-14-17-31-18-15-27)20-22-6-5-7-25(19-22)30-2/h5-11,19H,3-4,12-18,20-21H2,1-2H3. The monoisotopic (exact) mass is 456 g/mol. The maximum Gasteiger partial charge on any atom is 0.260 e. The second-order valence-electron chi connectivity index (χ2n) is 8.08. The predicted octanol–water partition coefficient (Wildman–Crippen LogP) is 3.61. The molecule has 3 rings (SSSR count). The number of hydrogen-bond acceptors (Lipinski definition) is 6. The van der Waals surface area contributed by atoms with Crippen LogP contribution in [0.5, 0.6) is 17.2 Å². The molecule has 0 aromatic heterocycles. The van der Waals surface area contributed by atoms with Gasteiger partial charge in [-0.05, 0) is 48.4 Å². The van der Waals surface area contributed by atoms with Crippen molar-refractivity contribution in [3.63, 3.8) is 0 Å². The SMILES string of the molecule is CCCCOc1ccc(OCC(=O)N(CCN2CCOCC2)Cc2cccc(OC)c2)cc1. The van der Waals surface area contributed by atoms with E-state index in [4.69, 9.17) is 18.9 Å². The third kappa shape index (κ3) is 8.59. The van der Waals surface area contributed by atoms with Crippen molar-refractivity contribution in [2.24, 2.45) is 0 Å². The third-order valence-corrected chi connectivity index (χ3v) is 5.60. The van der Waals surface area contributed by atoms with E-state index in [1.54, 1.807) is 7.11 Å². The highest BCUT2D eigenvalue weighted by Gasteiger charge is 2.18. The maximum absolute atomic E-state index is 13.1. The van der Waals surface area contributed by atoms with E-state index in [9.17, 15) is 4.79 Å². The molecule has 33 heavy (non-hydrogen) atoms. The Bertz CT molecular complexity index is 837. The average Bonchev–Trinajstić information content (AvgIpc) is 2.86.